The van der Waals surface area contributed by atoms with Gasteiger partial charge in [-0.15, -0.1) is 0 Å². The number of fused-ring (bicyclic) bond motifs is 1. The van der Waals surface area contributed by atoms with E-state index < -0.39 is 5.41 Å². The van der Waals surface area contributed by atoms with Crippen LogP contribution in [0.3, 0.4) is 0 Å². The van der Waals surface area contributed by atoms with Gasteiger partial charge < -0.3 is 25.2 Å². The smallest absolute Gasteiger partial charge is 0.254 e. The van der Waals surface area contributed by atoms with Crippen LogP contribution < -0.4 is 10.1 Å². The SMILES string of the molecule is CCOc1cc2c(cc1C(=O)NC)C(=NBr)N(CC(=O)c1cc(O)c(O)c(C(C)(C)C)c1)C2. The zero-order valence-electron chi connectivity index (χ0n) is 19.3. The van der Waals surface area contributed by atoms with E-state index in [9.17, 15) is 19.8 Å². The number of phenols is 2. The first-order valence-electron chi connectivity index (χ1n) is 10.6. The lowest BCUT2D eigenvalue weighted by molar-refractivity contribution is 0.0953. The van der Waals surface area contributed by atoms with Crippen molar-refractivity contribution < 1.29 is 24.5 Å². The molecular weight excluding hydrogens is 490 g/mol. The number of aromatic hydroxyl groups is 2. The van der Waals surface area contributed by atoms with Gasteiger partial charge in [0.1, 0.15) is 11.6 Å². The highest BCUT2D eigenvalue weighted by Gasteiger charge is 2.31. The third-order valence-electron chi connectivity index (χ3n) is 5.51. The Labute approximate surface area is 201 Å². The van der Waals surface area contributed by atoms with Crippen molar-refractivity contribution in [2.24, 2.45) is 4.02 Å². The summed E-state index contributed by atoms with van der Waals surface area (Å²) in [5.74, 6) is -0.0867. The van der Waals surface area contributed by atoms with Gasteiger partial charge in [0, 0.05) is 30.3 Å². The van der Waals surface area contributed by atoms with Gasteiger partial charge in [-0.05, 0) is 42.2 Å². The predicted octanol–water partition coefficient (Wildman–Crippen LogP) is 3.91. The number of carbonyl (C=O) groups excluding carboxylic acids is 2. The molecular formula is C24H28BrN3O5. The molecule has 0 bridgehead atoms. The molecule has 0 atom stereocenters. The number of amidine groups is 1. The number of amides is 1. The lowest BCUT2D eigenvalue weighted by Crippen LogP contribution is -2.30. The maximum Gasteiger partial charge on any atom is 0.254 e. The van der Waals surface area contributed by atoms with Crippen molar-refractivity contribution in [1.82, 2.24) is 10.2 Å². The first kappa shape index (κ1) is 24.6. The van der Waals surface area contributed by atoms with E-state index in [0.717, 1.165) is 11.1 Å². The van der Waals surface area contributed by atoms with Gasteiger partial charge in [-0.25, -0.2) is 0 Å². The van der Waals surface area contributed by atoms with E-state index in [2.05, 4.69) is 25.5 Å². The number of halogens is 1. The van der Waals surface area contributed by atoms with Gasteiger partial charge >= 0.3 is 0 Å². The molecule has 0 saturated heterocycles. The summed E-state index contributed by atoms with van der Waals surface area (Å²) >= 11 is 3.15. The molecule has 1 amide bonds. The first-order chi connectivity index (χ1) is 15.5. The second-order valence-corrected chi connectivity index (χ2v) is 9.20. The molecule has 0 unspecified atom stereocenters. The van der Waals surface area contributed by atoms with Gasteiger partial charge in [0.2, 0.25) is 0 Å². The fourth-order valence-corrected chi connectivity index (χ4v) is 4.26. The largest absolute Gasteiger partial charge is 0.504 e. The third kappa shape index (κ3) is 4.83. The highest BCUT2D eigenvalue weighted by Crippen LogP contribution is 2.38. The summed E-state index contributed by atoms with van der Waals surface area (Å²) in [7, 11) is 1.55. The summed E-state index contributed by atoms with van der Waals surface area (Å²) < 4.78 is 9.85. The molecule has 0 aliphatic carbocycles. The van der Waals surface area contributed by atoms with Crippen molar-refractivity contribution >= 4 is 33.7 Å². The molecule has 33 heavy (non-hydrogen) atoms. The number of carbonyl (C=O) groups is 2. The minimum atomic E-state index is -0.462. The molecule has 3 rings (SSSR count). The molecule has 176 valence electrons. The number of benzene rings is 2. The Morgan fingerprint density at radius 2 is 1.91 bits per heavy atom. The fraction of sp³-hybridized carbons (Fsp3) is 0.375. The molecule has 0 spiro atoms. The normalized spacial score (nSPS) is 14.4. The molecule has 0 fully saturated rings. The first-order valence-corrected chi connectivity index (χ1v) is 11.3. The van der Waals surface area contributed by atoms with Crippen molar-refractivity contribution in [3.63, 3.8) is 0 Å². The Morgan fingerprint density at radius 3 is 2.48 bits per heavy atom. The third-order valence-corrected chi connectivity index (χ3v) is 5.85. The van der Waals surface area contributed by atoms with Crippen LogP contribution in [0.25, 0.3) is 0 Å². The fourth-order valence-electron chi connectivity index (χ4n) is 3.85. The van der Waals surface area contributed by atoms with E-state index in [1.54, 1.807) is 30.1 Å². The summed E-state index contributed by atoms with van der Waals surface area (Å²) in [6.45, 7) is 8.32. The van der Waals surface area contributed by atoms with E-state index in [1.165, 1.54) is 6.07 Å². The number of nitrogens with zero attached hydrogens (tertiary/aromatic N) is 2. The molecule has 0 aromatic heterocycles. The Balaban J connectivity index is 1.94. The lowest BCUT2D eigenvalue weighted by atomic mass is 9.84. The second-order valence-electron chi connectivity index (χ2n) is 8.85. The van der Waals surface area contributed by atoms with Crippen LogP contribution in [0, 0.1) is 0 Å². The highest BCUT2D eigenvalue weighted by molar-refractivity contribution is 9.08. The Morgan fingerprint density at radius 1 is 1.21 bits per heavy atom. The minimum absolute atomic E-state index is 0.00775. The number of phenolic OH excluding ortho intramolecular Hbond substituents is 2. The number of ether oxygens (including phenoxy) is 1. The summed E-state index contributed by atoms with van der Waals surface area (Å²) in [5, 5.41) is 23.0. The van der Waals surface area contributed by atoms with Gasteiger partial charge in [-0.3, -0.25) is 9.59 Å². The molecule has 9 heteroatoms. The number of Topliss-reactive ketones (excluding diaryl/α,β-unsaturated/α-hetero) is 1. The Kier molecular flexibility index (Phi) is 7.02. The molecule has 2 aromatic rings. The molecule has 3 N–H and O–H groups in total. The number of hydrogen-bond donors (Lipinski definition) is 3. The predicted molar refractivity (Wildman–Crippen MR) is 130 cm³/mol. The van der Waals surface area contributed by atoms with Crippen LogP contribution in [0.15, 0.2) is 28.3 Å². The lowest BCUT2D eigenvalue weighted by Gasteiger charge is -2.22. The monoisotopic (exact) mass is 517 g/mol. The van der Waals surface area contributed by atoms with Crippen molar-refractivity contribution in [2.75, 3.05) is 20.2 Å². The van der Waals surface area contributed by atoms with E-state index in [1.807, 2.05) is 27.7 Å². The van der Waals surface area contributed by atoms with Crippen LogP contribution in [0.2, 0.25) is 0 Å². The quantitative estimate of drug-likeness (QED) is 0.395. The van der Waals surface area contributed by atoms with E-state index >= 15 is 0 Å². The number of ketones is 1. The topological polar surface area (TPSA) is 111 Å². The van der Waals surface area contributed by atoms with Crippen molar-refractivity contribution in [3.05, 3.63) is 52.1 Å². The summed E-state index contributed by atoms with van der Waals surface area (Å²) in [6.07, 6.45) is 0. The average molecular weight is 518 g/mol. The summed E-state index contributed by atoms with van der Waals surface area (Å²) in [5.41, 5.74) is 2.31. The van der Waals surface area contributed by atoms with Crippen molar-refractivity contribution in [3.8, 4) is 17.2 Å². The van der Waals surface area contributed by atoms with Crippen LogP contribution in [0.4, 0.5) is 0 Å². The van der Waals surface area contributed by atoms with Crippen LogP contribution >= 0.6 is 16.1 Å². The van der Waals surface area contributed by atoms with Crippen LogP contribution in [0.1, 0.15) is 65.1 Å². The van der Waals surface area contributed by atoms with Crippen molar-refractivity contribution in [2.45, 2.75) is 39.7 Å². The average Bonchev–Trinajstić information content (AvgIpc) is 3.09. The van der Waals surface area contributed by atoms with Crippen LogP contribution in [0.5, 0.6) is 17.2 Å². The summed E-state index contributed by atoms with van der Waals surface area (Å²) in [4.78, 5) is 27.3. The number of rotatable bonds is 6. The molecule has 8 nitrogen and oxygen atoms in total. The molecule has 2 aromatic carbocycles. The standard InChI is InChI=1S/C24H28BrN3O5/c1-6-33-20-9-14-11-28(22(27-25)15(14)10-16(20)23(32)26-5)12-19(30)13-7-17(24(2,3)4)21(31)18(29)8-13/h7-10,29,31H,6,11-12H2,1-5H3,(H,26,32). The maximum atomic E-state index is 13.2. The van der Waals surface area contributed by atoms with Crippen molar-refractivity contribution in [1.29, 1.82) is 0 Å². The number of hydrogen-bond acceptors (Lipinski definition) is 6. The highest BCUT2D eigenvalue weighted by atomic mass is 79.9. The van der Waals surface area contributed by atoms with Gasteiger partial charge in [-0.2, -0.15) is 4.02 Å². The van der Waals surface area contributed by atoms with E-state index in [4.69, 9.17) is 4.74 Å². The molecule has 0 saturated carbocycles. The van der Waals surface area contributed by atoms with E-state index in [0.29, 0.717) is 41.4 Å². The van der Waals surface area contributed by atoms with Gasteiger partial charge in [-0.1, -0.05) is 20.8 Å². The zero-order chi connectivity index (χ0) is 24.5. The second kappa shape index (κ2) is 9.43. The van der Waals surface area contributed by atoms with Gasteiger partial charge in [0.15, 0.2) is 17.3 Å². The van der Waals surface area contributed by atoms with Crippen LogP contribution in [-0.2, 0) is 12.0 Å². The molecule has 1 heterocycles. The van der Waals surface area contributed by atoms with Crippen LogP contribution in [-0.4, -0.2) is 52.8 Å². The molecule has 0 radical (unpaired) electrons. The van der Waals surface area contributed by atoms with Gasteiger partial charge in [0.25, 0.3) is 5.91 Å². The molecule has 1 aliphatic rings. The molecule has 1 aliphatic heterocycles. The Hall–Kier alpha value is -3.07. The van der Waals surface area contributed by atoms with E-state index in [-0.39, 0.29) is 29.7 Å². The summed E-state index contributed by atoms with van der Waals surface area (Å²) in [6, 6.07) is 6.41. The minimum Gasteiger partial charge on any atom is -0.504 e. The van der Waals surface area contributed by atoms with Gasteiger partial charge in [0.05, 0.1) is 34.9 Å². The maximum absolute atomic E-state index is 13.2. The zero-order valence-corrected chi connectivity index (χ0v) is 20.9. The Bertz CT molecular complexity index is 1140. The number of nitrogens with one attached hydrogen (secondary N) is 1.